The van der Waals surface area contributed by atoms with E-state index >= 15 is 0 Å². The Hall–Kier alpha value is -1.59. The Labute approximate surface area is 124 Å². The van der Waals surface area contributed by atoms with Crippen molar-refractivity contribution in [1.29, 1.82) is 0 Å². The van der Waals surface area contributed by atoms with Crippen molar-refractivity contribution in [3.05, 3.63) is 69.5 Å². The van der Waals surface area contributed by atoms with E-state index in [-0.39, 0.29) is 5.56 Å². The van der Waals surface area contributed by atoms with Gasteiger partial charge in [-0.2, -0.15) is 13.2 Å². The molecule has 0 aliphatic heterocycles. The van der Waals surface area contributed by atoms with Crippen molar-refractivity contribution in [2.45, 2.75) is 19.1 Å². The Bertz CT molecular complexity index is 667. The molecule has 0 saturated heterocycles. The molecule has 0 heterocycles. The Morgan fingerprint density at radius 3 is 2.43 bits per heavy atom. The van der Waals surface area contributed by atoms with Gasteiger partial charge in [-0.05, 0) is 41.8 Å². The van der Waals surface area contributed by atoms with E-state index in [4.69, 9.17) is 17.3 Å². The maximum atomic E-state index is 13.3. The van der Waals surface area contributed by atoms with Crippen molar-refractivity contribution in [2.75, 3.05) is 0 Å². The third kappa shape index (κ3) is 3.19. The van der Waals surface area contributed by atoms with Gasteiger partial charge in [-0.3, -0.25) is 0 Å². The van der Waals surface area contributed by atoms with Gasteiger partial charge in [0.05, 0.1) is 11.6 Å². The minimum atomic E-state index is -4.76. The van der Waals surface area contributed by atoms with Crippen LogP contribution < -0.4 is 5.73 Å². The molecule has 1 unspecified atom stereocenters. The lowest BCUT2D eigenvalue weighted by atomic mass is 9.94. The van der Waals surface area contributed by atoms with E-state index in [1.165, 1.54) is 6.07 Å². The number of benzene rings is 2. The van der Waals surface area contributed by atoms with Gasteiger partial charge in [0.15, 0.2) is 0 Å². The first-order chi connectivity index (χ1) is 9.71. The largest absolute Gasteiger partial charge is 0.419 e. The molecular weight excluding hydrogens is 306 g/mol. The van der Waals surface area contributed by atoms with Crippen molar-refractivity contribution in [3.63, 3.8) is 0 Å². The number of alkyl halides is 3. The van der Waals surface area contributed by atoms with Crippen LogP contribution in [0.4, 0.5) is 17.6 Å². The molecule has 2 aromatic carbocycles. The van der Waals surface area contributed by atoms with Crippen molar-refractivity contribution in [1.82, 2.24) is 0 Å². The predicted molar refractivity (Wildman–Crippen MR) is 73.6 cm³/mol. The molecule has 2 rings (SSSR count). The van der Waals surface area contributed by atoms with Gasteiger partial charge >= 0.3 is 6.18 Å². The van der Waals surface area contributed by atoms with Crippen LogP contribution in [0.5, 0.6) is 0 Å². The normalized spacial score (nSPS) is 13.3. The highest BCUT2D eigenvalue weighted by atomic mass is 35.5. The summed E-state index contributed by atoms with van der Waals surface area (Å²) in [5.41, 5.74) is 6.14. The summed E-state index contributed by atoms with van der Waals surface area (Å²) in [5, 5.41) is 0.473. The van der Waals surface area contributed by atoms with Gasteiger partial charge in [-0.1, -0.05) is 29.8 Å². The topological polar surface area (TPSA) is 26.0 Å². The molecule has 0 aliphatic carbocycles. The third-order valence-corrected chi connectivity index (χ3v) is 3.71. The minimum absolute atomic E-state index is 0.175. The first-order valence-corrected chi connectivity index (χ1v) is 6.47. The SMILES string of the molecule is Cc1c(Cl)cccc1C(N)c1ccc(F)c(C(F)(F)F)c1. The number of hydrogen-bond acceptors (Lipinski definition) is 1. The molecule has 0 radical (unpaired) electrons. The van der Waals surface area contributed by atoms with Crippen LogP contribution in [0.25, 0.3) is 0 Å². The van der Waals surface area contributed by atoms with E-state index in [9.17, 15) is 17.6 Å². The predicted octanol–water partition coefficient (Wildman–Crippen LogP) is 4.85. The van der Waals surface area contributed by atoms with Crippen LogP contribution in [0.15, 0.2) is 36.4 Å². The Morgan fingerprint density at radius 2 is 1.81 bits per heavy atom. The molecule has 2 N–H and O–H groups in total. The van der Waals surface area contributed by atoms with E-state index in [1.807, 2.05) is 0 Å². The van der Waals surface area contributed by atoms with Gasteiger partial charge in [0, 0.05) is 5.02 Å². The van der Waals surface area contributed by atoms with Crippen molar-refractivity contribution < 1.29 is 17.6 Å². The second-order valence-electron chi connectivity index (χ2n) is 4.67. The molecular formula is C15H12ClF4N. The van der Waals surface area contributed by atoms with Crippen LogP contribution in [0.3, 0.4) is 0 Å². The molecule has 0 aliphatic rings. The molecule has 0 amide bonds. The summed E-state index contributed by atoms with van der Waals surface area (Å²) in [5.74, 6) is -1.32. The van der Waals surface area contributed by atoms with Crippen LogP contribution in [0.1, 0.15) is 28.3 Å². The van der Waals surface area contributed by atoms with Crippen LogP contribution in [-0.2, 0) is 6.18 Å². The second kappa shape index (κ2) is 5.66. The van der Waals surface area contributed by atoms with E-state index in [0.29, 0.717) is 16.1 Å². The van der Waals surface area contributed by atoms with Crippen LogP contribution in [-0.4, -0.2) is 0 Å². The molecule has 0 bridgehead atoms. The lowest BCUT2D eigenvalue weighted by Crippen LogP contribution is -2.16. The maximum Gasteiger partial charge on any atom is 0.419 e. The van der Waals surface area contributed by atoms with Gasteiger partial charge in [0.2, 0.25) is 0 Å². The van der Waals surface area contributed by atoms with E-state index in [1.54, 1.807) is 25.1 Å². The first kappa shape index (κ1) is 15.8. The third-order valence-electron chi connectivity index (χ3n) is 3.30. The highest BCUT2D eigenvalue weighted by Gasteiger charge is 2.34. The summed E-state index contributed by atoms with van der Waals surface area (Å²) in [6, 6.07) is 6.96. The Morgan fingerprint density at radius 1 is 1.14 bits per heavy atom. The Balaban J connectivity index is 2.49. The average Bonchev–Trinajstić information content (AvgIpc) is 2.40. The molecule has 0 spiro atoms. The minimum Gasteiger partial charge on any atom is -0.320 e. The number of hydrogen-bond donors (Lipinski definition) is 1. The molecule has 1 atom stereocenters. The van der Waals surface area contributed by atoms with Crippen molar-refractivity contribution in [3.8, 4) is 0 Å². The number of rotatable bonds is 2. The standard InChI is InChI=1S/C15H12ClF4N/c1-8-10(3-2-4-12(8)16)14(21)9-5-6-13(17)11(7-9)15(18,19)20/h2-7,14H,21H2,1H3. The van der Waals surface area contributed by atoms with Gasteiger partial charge in [-0.25, -0.2) is 4.39 Å². The zero-order valence-corrected chi connectivity index (χ0v) is 11.8. The molecule has 2 aromatic rings. The van der Waals surface area contributed by atoms with E-state index < -0.39 is 23.6 Å². The van der Waals surface area contributed by atoms with Crippen molar-refractivity contribution in [2.24, 2.45) is 5.73 Å². The molecule has 21 heavy (non-hydrogen) atoms. The average molecular weight is 318 g/mol. The van der Waals surface area contributed by atoms with Crippen LogP contribution in [0, 0.1) is 12.7 Å². The Kier molecular flexibility index (Phi) is 4.25. The molecule has 0 fully saturated rings. The zero-order valence-electron chi connectivity index (χ0n) is 11.0. The molecule has 0 aromatic heterocycles. The van der Waals surface area contributed by atoms with Gasteiger partial charge in [0.1, 0.15) is 5.82 Å². The zero-order chi connectivity index (χ0) is 15.8. The van der Waals surface area contributed by atoms with Crippen molar-refractivity contribution >= 4 is 11.6 Å². The molecule has 1 nitrogen and oxygen atoms in total. The quantitative estimate of drug-likeness (QED) is 0.787. The monoisotopic (exact) mass is 317 g/mol. The fourth-order valence-electron chi connectivity index (χ4n) is 2.09. The highest BCUT2D eigenvalue weighted by molar-refractivity contribution is 6.31. The highest BCUT2D eigenvalue weighted by Crippen LogP contribution is 2.34. The lowest BCUT2D eigenvalue weighted by Gasteiger charge is -2.18. The molecule has 112 valence electrons. The van der Waals surface area contributed by atoms with Crippen LogP contribution >= 0.6 is 11.6 Å². The number of halogens is 5. The molecule has 0 saturated carbocycles. The van der Waals surface area contributed by atoms with E-state index in [0.717, 1.165) is 12.1 Å². The number of nitrogens with two attached hydrogens (primary N) is 1. The van der Waals surface area contributed by atoms with E-state index in [2.05, 4.69) is 0 Å². The summed E-state index contributed by atoms with van der Waals surface area (Å²) in [4.78, 5) is 0. The summed E-state index contributed by atoms with van der Waals surface area (Å²) in [6.45, 7) is 1.73. The lowest BCUT2D eigenvalue weighted by molar-refractivity contribution is -0.140. The fourth-order valence-corrected chi connectivity index (χ4v) is 2.28. The summed E-state index contributed by atoms with van der Waals surface area (Å²) >= 11 is 5.98. The summed E-state index contributed by atoms with van der Waals surface area (Å²) < 4.78 is 51.5. The summed E-state index contributed by atoms with van der Waals surface area (Å²) in [7, 11) is 0. The first-order valence-electron chi connectivity index (χ1n) is 6.09. The fraction of sp³-hybridized carbons (Fsp3) is 0.200. The smallest absolute Gasteiger partial charge is 0.320 e. The van der Waals surface area contributed by atoms with Crippen LogP contribution in [0.2, 0.25) is 5.02 Å². The molecule has 6 heteroatoms. The second-order valence-corrected chi connectivity index (χ2v) is 5.08. The van der Waals surface area contributed by atoms with Gasteiger partial charge in [0.25, 0.3) is 0 Å². The van der Waals surface area contributed by atoms with Gasteiger partial charge < -0.3 is 5.73 Å². The van der Waals surface area contributed by atoms with Gasteiger partial charge in [-0.15, -0.1) is 0 Å². The maximum absolute atomic E-state index is 13.3. The summed E-state index contributed by atoms with van der Waals surface area (Å²) in [6.07, 6.45) is -4.76.